The van der Waals surface area contributed by atoms with Gasteiger partial charge >= 0.3 is 0 Å². The van der Waals surface area contributed by atoms with Gasteiger partial charge in [0.25, 0.3) is 5.69 Å². The Kier molecular flexibility index (Phi) is 5.18. The molecule has 0 aliphatic rings. The number of benzene rings is 2. The van der Waals surface area contributed by atoms with Crippen LogP contribution >= 0.6 is 0 Å². The minimum Gasteiger partial charge on any atom is -0.378 e. The van der Waals surface area contributed by atoms with Gasteiger partial charge in [-0.3, -0.25) is 14.9 Å². The number of nitro benzene ring substituents is 1. The Labute approximate surface area is 141 Å². The van der Waals surface area contributed by atoms with Gasteiger partial charge in [0, 0.05) is 45.0 Å². The summed E-state index contributed by atoms with van der Waals surface area (Å²) >= 11 is 0. The molecular formula is C18H21N3O3. The molecule has 2 rings (SSSR count). The van der Waals surface area contributed by atoms with Crippen molar-refractivity contribution < 1.29 is 9.72 Å². The second kappa shape index (κ2) is 7.12. The zero-order chi connectivity index (χ0) is 17.9. The molecule has 0 saturated heterocycles. The third-order valence-corrected chi connectivity index (χ3v) is 3.84. The van der Waals surface area contributed by atoms with Gasteiger partial charge in [-0.05, 0) is 36.8 Å². The Bertz CT molecular complexity index is 772. The predicted molar refractivity (Wildman–Crippen MR) is 96.0 cm³/mol. The lowest BCUT2D eigenvalue weighted by atomic mass is 10.1. The topological polar surface area (TPSA) is 66.7 Å². The summed E-state index contributed by atoms with van der Waals surface area (Å²) < 4.78 is 0. The van der Waals surface area contributed by atoms with Gasteiger partial charge in [0.2, 0.25) is 0 Å². The van der Waals surface area contributed by atoms with Gasteiger partial charge in [0.15, 0.2) is 5.78 Å². The molecule has 6 nitrogen and oxygen atoms in total. The van der Waals surface area contributed by atoms with E-state index in [1.165, 1.54) is 13.0 Å². The summed E-state index contributed by atoms with van der Waals surface area (Å²) in [5.41, 5.74) is 2.89. The molecule has 0 unspecified atom stereocenters. The smallest absolute Gasteiger partial charge is 0.293 e. The molecule has 2 aromatic carbocycles. The molecule has 0 aromatic heterocycles. The Hall–Kier alpha value is -2.89. The highest BCUT2D eigenvalue weighted by atomic mass is 16.6. The summed E-state index contributed by atoms with van der Waals surface area (Å²) in [5, 5.41) is 11.4. The first-order valence-corrected chi connectivity index (χ1v) is 7.56. The zero-order valence-corrected chi connectivity index (χ0v) is 14.3. The second-order valence-corrected chi connectivity index (χ2v) is 5.94. The van der Waals surface area contributed by atoms with Gasteiger partial charge in [0.1, 0.15) is 5.69 Å². The van der Waals surface area contributed by atoms with Crippen LogP contribution in [0.25, 0.3) is 0 Å². The maximum atomic E-state index is 11.5. The summed E-state index contributed by atoms with van der Waals surface area (Å²) in [7, 11) is 5.74. The Morgan fingerprint density at radius 2 is 1.83 bits per heavy atom. The molecule has 0 saturated carbocycles. The van der Waals surface area contributed by atoms with E-state index < -0.39 is 4.92 Å². The number of hydrogen-bond acceptors (Lipinski definition) is 5. The third kappa shape index (κ3) is 3.90. The van der Waals surface area contributed by atoms with Crippen molar-refractivity contribution in [3.63, 3.8) is 0 Å². The lowest BCUT2D eigenvalue weighted by Crippen LogP contribution is -2.18. The van der Waals surface area contributed by atoms with Gasteiger partial charge in [-0.1, -0.05) is 12.1 Å². The fourth-order valence-corrected chi connectivity index (χ4v) is 2.50. The molecule has 0 aliphatic heterocycles. The van der Waals surface area contributed by atoms with Crippen LogP contribution in [0.4, 0.5) is 17.1 Å². The van der Waals surface area contributed by atoms with Crippen molar-refractivity contribution in [2.75, 3.05) is 30.9 Å². The van der Waals surface area contributed by atoms with Crippen LogP contribution in [0.15, 0.2) is 42.5 Å². The van der Waals surface area contributed by atoms with E-state index in [1.807, 2.05) is 48.2 Å². The highest BCUT2D eigenvalue weighted by Gasteiger charge is 2.19. The summed E-state index contributed by atoms with van der Waals surface area (Å²) in [5.74, 6) is -0.189. The number of nitrogens with zero attached hydrogens (tertiary/aromatic N) is 3. The van der Waals surface area contributed by atoms with E-state index in [4.69, 9.17) is 0 Å². The molecule has 0 fully saturated rings. The van der Waals surface area contributed by atoms with Crippen LogP contribution in [0.5, 0.6) is 0 Å². The van der Waals surface area contributed by atoms with Gasteiger partial charge < -0.3 is 9.80 Å². The van der Waals surface area contributed by atoms with Crippen molar-refractivity contribution >= 4 is 22.8 Å². The van der Waals surface area contributed by atoms with Crippen LogP contribution in [-0.2, 0) is 6.54 Å². The average molecular weight is 327 g/mol. The first kappa shape index (κ1) is 17.5. The van der Waals surface area contributed by atoms with Crippen molar-refractivity contribution in [3.8, 4) is 0 Å². The first-order valence-electron chi connectivity index (χ1n) is 7.56. The molecule has 0 spiro atoms. The number of rotatable bonds is 6. The molecule has 24 heavy (non-hydrogen) atoms. The molecule has 0 atom stereocenters. The number of anilines is 2. The maximum absolute atomic E-state index is 11.5. The van der Waals surface area contributed by atoms with Gasteiger partial charge in [0.05, 0.1) is 4.92 Å². The fraction of sp³-hybridized carbons (Fsp3) is 0.278. The van der Waals surface area contributed by atoms with Gasteiger partial charge in [-0.2, -0.15) is 0 Å². The van der Waals surface area contributed by atoms with Crippen molar-refractivity contribution in [2.24, 2.45) is 0 Å². The van der Waals surface area contributed by atoms with E-state index in [0.717, 1.165) is 11.3 Å². The van der Waals surface area contributed by atoms with Crippen LogP contribution in [0.2, 0.25) is 0 Å². The van der Waals surface area contributed by atoms with Crippen LogP contribution in [0.3, 0.4) is 0 Å². The Balaban J connectivity index is 2.32. The Morgan fingerprint density at radius 3 is 2.42 bits per heavy atom. The number of nitro groups is 1. The van der Waals surface area contributed by atoms with E-state index >= 15 is 0 Å². The first-order chi connectivity index (χ1) is 11.3. The van der Waals surface area contributed by atoms with Gasteiger partial charge in [-0.15, -0.1) is 0 Å². The highest BCUT2D eigenvalue weighted by molar-refractivity contribution is 5.95. The molecule has 0 bridgehead atoms. The van der Waals surface area contributed by atoms with Crippen LogP contribution < -0.4 is 9.80 Å². The van der Waals surface area contributed by atoms with Crippen molar-refractivity contribution in [2.45, 2.75) is 13.5 Å². The van der Waals surface area contributed by atoms with Crippen molar-refractivity contribution in [3.05, 3.63) is 63.7 Å². The van der Waals surface area contributed by atoms with Crippen LogP contribution in [0, 0.1) is 10.1 Å². The number of carbonyl (C=O) groups excluding carboxylic acids is 1. The van der Waals surface area contributed by atoms with Crippen molar-refractivity contribution in [1.29, 1.82) is 0 Å². The van der Waals surface area contributed by atoms with E-state index in [1.54, 1.807) is 19.2 Å². The number of carbonyl (C=O) groups is 1. The highest BCUT2D eigenvalue weighted by Crippen LogP contribution is 2.30. The zero-order valence-electron chi connectivity index (χ0n) is 14.3. The summed E-state index contributed by atoms with van der Waals surface area (Å²) in [6.07, 6.45) is 0. The minimum atomic E-state index is -0.450. The van der Waals surface area contributed by atoms with E-state index in [9.17, 15) is 14.9 Å². The van der Waals surface area contributed by atoms with Crippen LogP contribution in [0.1, 0.15) is 22.8 Å². The average Bonchev–Trinajstić information content (AvgIpc) is 2.54. The van der Waals surface area contributed by atoms with Crippen molar-refractivity contribution in [1.82, 2.24) is 0 Å². The van der Waals surface area contributed by atoms with Gasteiger partial charge in [-0.25, -0.2) is 0 Å². The molecule has 2 aromatic rings. The Morgan fingerprint density at radius 1 is 1.12 bits per heavy atom. The monoisotopic (exact) mass is 327 g/mol. The molecule has 0 radical (unpaired) electrons. The SMILES string of the molecule is CC(=O)c1ccc(N(C)Cc2cccc(N(C)C)c2)c([N+](=O)[O-])c1. The quantitative estimate of drug-likeness (QED) is 0.461. The molecular weight excluding hydrogens is 306 g/mol. The normalized spacial score (nSPS) is 10.3. The molecule has 0 heterocycles. The van der Waals surface area contributed by atoms with E-state index in [-0.39, 0.29) is 11.5 Å². The largest absolute Gasteiger partial charge is 0.378 e. The molecule has 0 amide bonds. The van der Waals surface area contributed by atoms with E-state index in [2.05, 4.69) is 0 Å². The van der Waals surface area contributed by atoms with E-state index in [0.29, 0.717) is 17.8 Å². The second-order valence-electron chi connectivity index (χ2n) is 5.94. The summed E-state index contributed by atoms with van der Waals surface area (Å²) in [6.45, 7) is 1.93. The predicted octanol–water partition coefficient (Wildman–Crippen LogP) is 3.50. The maximum Gasteiger partial charge on any atom is 0.293 e. The minimum absolute atomic E-state index is 0.0611. The summed E-state index contributed by atoms with van der Waals surface area (Å²) in [6, 6.07) is 12.6. The standard InChI is InChI=1S/C18H21N3O3/c1-13(22)15-8-9-17(18(11-15)21(23)24)20(4)12-14-6-5-7-16(10-14)19(2)3/h5-11H,12H2,1-4H3. The third-order valence-electron chi connectivity index (χ3n) is 3.84. The number of Topliss-reactive ketones (excluding diaryl/α,β-unsaturated/α-hetero) is 1. The summed E-state index contributed by atoms with van der Waals surface area (Å²) in [4.78, 5) is 26.2. The molecule has 0 N–H and O–H groups in total. The number of ketones is 1. The molecule has 126 valence electrons. The van der Waals surface area contributed by atoms with Crippen LogP contribution in [-0.4, -0.2) is 31.8 Å². The lowest BCUT2D eigenvalue weighted by molar-refractivity contribution is -0.384. The fourth-order valence-electron chi connectivity index (χ4n) is 2.50. The molecule has 0 aliphatic carbocycles. The lowest BCUT2D eigenvalue weighted by Gasteiger charge is -2.21. The number of hydrogen-bond donors (Lipinski definition) is 0. The molecule has 6 heteroatoms.